The maximum Gasteiger partial charge on any atom is 0.211 e. The number of aromatic hydroxyl groups is 1. The number of halogens is 1. The molecule has 0 bridgehead atoms. The number of Topliss-reactive ketones (excluding diaryl/α,β-unsaturated/α-hetero) is 3. The fraction of sp³-hybridized carbons (Fsp3) is 0.318. The number of nitrogens with zero attached hydrogens (tertiary/aromatic N) is 1. The van der Waals surface area contributed by atoms with Crippen molar-refractivity contribution in [3.05, 3.63) is 51.9 Å². The number of fused-ring (bicyclic) bond motifs is 3. The van der Waals surface area contributed by atoms with E-state index >= 15 is 0 Å². The van der Waals surface area contributed by atoms with E-state index in [1.54, 1.807) is 0 Å². The first-order valence-corrected chi connectivity index (χ1v) is 10.2. The van der Waals surface area contributed by atoms with E-state index in [0.717, 1.165) is 0 Å². The number of likely N-dealkylation sites (N-methyl/N-ethyl adjacent to an activating group) is 1. The summed E-state index contributed by atoms with van der Waals surface area (Å²) in [6.45, 7) is 3.89. The molecule has 174 valence electrons. The summed E-state index contributed by atoms with van der Waals surface area (Å²) >= 11 is 6.25. The number of hydrogen-bond acceptors (Lipinski definition) is 10. The zero-order valence-corrected chi connectivity index (χ0v) is 18.3. The Balaban J connectivity index is 2.07. The Hall–Kier alpha value is -3.18. The third-order valence-electron chi connectivity index (χ3n) is 6.66. The van der Waals surface area contributed by atoms with Crippen molar-refractivity contribution in [1.82, 2.24) is 4.90 Å². The number of aliphatic hydroxyl groups excluding tert-OH is 3. The largest absolute Gasteiger partial charge is 0.507 e. The second-order valence-electron chi connectivity index (χ2n) is 8.56. The van der Waals surface area contributed by atoms with Gasteiger partial charge in [0.2, 0.25) is 11.6 Å². The van der Waals surface area contributed by atoms with Gasteiger partial charge in [0.25, 0.3) is 0 Å². The molecule has 0 saturated heterocycles. The van der Waals surface area contributed by atoms with Gasteiger partial charge in [0.1, 0.15) is 17.1 Å². The minimum atomic E-state index is -3.04. The fourth-order valence-corrected chi connectivity index (χ4v) is 5.53. The van der Waals surface area contributed by atoms with Crippen LogP contribution in [-0.4, -0.2) is 79.6 Å². The van der Waals surface area contributed by atoms with Gasteiger partial charge in [-0.2, -0.15) is 0 Å². The predicted molar refractivity (Wildman–Crippen MR) is 116 cm³/mol. The van der Waals surface area contributed by atoms with Crippen molar-refractivity contribution in [2.24, 2.45) is 17.6 Å². The average Bonchev–Trinajstić information content (AvgIpc) is 2.72. The van der Waals surface area contributed by atoms with E-state index in [1.807, 2.05) is 0 Å². The van der Waals surface area contributed by atoms with Gasteiger partial charge in [-0.25, -0.2) is 0 Å². The molecule has 0 aliphatic heterocycles. The van der Waals surface area contributed by atoms with E-state index in [9.17, 15) is 39.9 Å². The van der Waals surface area contributed by atoms with Crippen LogP contribution in [0.15, 0.2) is 35.7 Å². The molecule has 2 saturated carbocycles. The van der Waals surface area contributed by atoms with Crippen LogP contribution in [0.4, 0.5) is 0 Å². The van der Waals surface area contributed by atoms with E-state index in [1.165, 1.54) is 31.1 Å². The van der Waals surface area contributed by atoms with E-state index < -0.39 is 75.5 Å². The van der Waals surface area contributed by atoms with Crippen molar-refractivity contribution < 1.29 is 39.9 Å². The number of phenolic OH excluding ortho intramolecular Hbond substituents is 1. The second kappa shape index (κ2) is 7.16. The molecule has 3 aliphatic rings. The summed E-state index contributed by atoms with van der Waals surface area (Å²) in [6, 6.07) is 1.07. The van der Waals surface area contributed by atoms with Gasteiger partial charge < -0.3 is 31.3 Å². The summed E-state index contributed by atoms with van der Waals surface area (Å²) in [5, 5.41) is 54.0. The number of phenols is 1. The van der Waals surface area contributed by atoms with Crippen LogP contribution in [0, 0.1) is 11.8 Å². The third kappa shape index (κ3) is 2.69. The molecular weight excluding hydrogens is 456 g/mol. The molecule has 4 rings (SSSR count). The lowest BCUT2D eigenvalue weighted by atomic mass is 9.54. The quantitative estimate of drug-likeness (QED) is 0.140. The Bertz CT molecular complexity index is 1230. The van der Waals surface area contributed by atoms with Crippen LogP contribution in [-0.2, 0) is 14.4 Å². The van der Waals surface area contributed by atoms with Crippen LogP contribution in [0.2, 0.25) is 5.02 Å². The number of carbonyl (C=O) groups excluding carboxylic acids is 3. The molecule has 0 unspecified atom stereocenters. The van der Waals surface area contributed by atoms with Crippen LogP contribution in [0.1, 0.15) is 11.1 Å². The van der Waals surface area contributed by atoms with Crippen molar-refractivity contribution >= 4 is 40.3 Å². The summed E-state index contributed by atoms with van der Waals surface area (Å²) in [5.74, 6) is -9.28. The lowest BCUT2D eigenvalue weighted by Crippen LogP contribution is -2.73. The maximum absolute atomic E-state index is 13.6. The molecule has 0 aromatic heterocycles. The van der Waals surface area contributed by atoms with Gasteiger partial charge in [0, 0.05) is 16.5 Å². The highest BCUT2D eigenvalue weighted by Crippen LogP contribution is 2.55. The van der Waals surface area contributed by atoms with Gasteiger partial charge >= 0.3 is 0 Å². The number of nitrogens with two attached hydrogens (primary N) is 1. The summed E-state index contributed by atoms with van der Waals surface area (Å²) in [4.78, 5) is 41.1. The summed E-state index contributed by atoms with van der Waals surface area (Å²) < 4.78 is 0. The highest BCUT2D eigenvalue weighted by Gasteiger charge is 2.69. The molecule has 11 heteroatoms. The normalized spacial score (nSPS) is 33.2. The monoisotopic (exact) mass is 476 g/mol. The highest BCUT2D eigenvalue weighted by molar-refractivity contribution is 6.37. The summed E-state index contributed by atoms with van der Waals surface area (Å²) in [7, 11) is 2.84. The third-order valence-corrected chi connectivity index (χ3v) is 6.97. The molecule has 7 N–H and O–H groups in total. The van der Waals surface area contributed by atoms with Gasteiger partial charge in [-0.3, -0.25) is 19.3 Å². The molecule has 5 atom stereocenters. The lowest BCUT2D eigenvalue weighted by molar-refractivity contribution is -0.175. The smallest absolute Gasteiger partial charge is 0.211 e. The van der Waals surface area contributed by atoms with Crippen molar-refractivity contribution in [2.75, 3.05) is 14.1 Å². The molecule has 33 heavy (non-hydrogen) atoms. The van der Waals surface area contributed by atoms with Crippen LogP contribution in [0.3, 0.4) is 0 Å². The van der Waals surface area contributed by atoms with E-state index in [4.69, 9.17) is 17.3 Å². The number of rotatable bonds is 1. The standard InChI is InChI=1S/C22H21ClN2O8/c1-6-9-7(23)4-5-8(26)11(9)16(27)12-10(6)17(28)14-15(25(2)3)18(29)13(21(24)32)20(31)22(14,33)19(12)30/h4-5,10,14-15,17,26-28,32-33H,1,24H2,2-3H3/b21-13+/t10-,14-,15+,17+,22+/m1/s1. The zero-order chi connectivity index (χ0) is 24.7. The van der Waals surface area contributed by atoms with E-state index in [2.05, 4.69) is 6.58 Å². The number of ketones is 3. The molecule has 0 spiro atoms. The lowest BCUT2D eigenvalue weighted by Gasteiger charge is -2.52. The first-order chi connectivity index (χ1) is 15.3. The molecule has 1 aromatic rings. The van der Waals surface area contributed by atoms with Crippen LogP contribution in [0.5, 0.6) is 5.75 Å². The van der Waals surface area contributed by atoms with Crippen molar-refractivity contribution in [3.8, 4) is 5.75 Å². The Morgan fingerprint density at radius 1 is 1.15 bits per heavy atom. The minimum absolute atomic E-state index is 0.0435. The van der Waals surface area contributed by atoms with Crippen molar-refractivity contribution in [2.45, 2.75) is 17.7 Å². The molecule has 2 fully saturated rings. The minimum Gasteiger partial charge on any atom is -0.507 e. The second-order valence-corrected chi connectivity index (χ2v) is 8.96. The Morgan fingerprint density at radius 3 is 2.30 bits per heavy atom. The number of benzene rings is 1. The van der Waals surface area contributed by atoms with Crippen LogP contribution < -0.4 is 5.73 Å². The molecule has 0 radical (unpaired) electrons. The van der Waals surface area contributed by atoms with Crippen molar-refractivity contribution in [1.29, 1.82) is 0 Å². The van der Waals surface area contributed by atoms with Gasteiger partial charge in [-0.1, -0.05) is 18.2 Å². The Morgan fingerprint density at radius 2 is 1.76 bits per heavy atom. The van der Waals surface area contributed by atoms with Gasteiger partial charge in [-0.05, 0) is 31.8 Å². The number of aliphatic hydroxyl groups is 4. The summed E-state index contributed by atoms with van der Waals surface area (Å²) in [6.07, 6.45) is -1.77. The SMILES string of the molecule is C=C1c2c(Cl)ccc(O)c2C(O)=C2C(=O)[C@]3(O)C(=O)/C(=C(\N)O)C(=O)[C@@H](N(C)C)[C@@H]3[C@@H](O)[C@H]12. The summed E-state index contributed by atoms with van der Waals surface area (Å²) in [5.41, 5.74) is 0.593. The fourth-order valence-electron chi connectivity index (χ4n) is 5.25. The maximum atomic E-state index is 13.6. The van der Waals surface area contributed by atoms with E-state index in [-0.39, 0.29) is 21.7 Å². The number of hydrogen-bond donors (Lipinski definition) is 6. The van der Waals surface area contributed by atoms with Crippen molar-refractivity contribution in [3.63, 3.8) is 0 Å². The first kappa shape index (κ1) is 23.0. The van der Waals surface area contributed by atoms with Gasteiger partial charge in [0.05, 0.1) is 29.2 Å². The number of carbonyl (C=O) groups is 3. The molecular formula is C22H21ClN2O8. The highest BCUT2D eigenvalue weighted by atomic mass is 35.5. The zero-order valence-electron chi connectivity index (χ0n) is 17.5. The topological polar surface area (TPSA) is 182 Å². The molecule has 3 aliphatic carbocycles. The van der Waals surface area contributed by atoms with E-state index in [0.29, 0.717) is 0 Å². The average molecular weight is 477 g/mol. The van der Waals surface area contributed by atoms with Crippen LogP contribution in [0.25, 0.3) is 11.3 Å². The molecule has 10 nitrogen and oxygen atoms in total. The predicted octanol–water partition coefficient (Wildman–Crippen LogP) is 0.0589. The Labute approximate surface area is 192 Å². The molecule has 0 amide bonds. The Kier molecular flexibility index (Phi) is 4.99. The first-order valence-electron chi connectivity index (χ1n) is 9.81. The molecule has 0 heterocycles. The molecule has 1 aromatic carbocycles. The van der Waals surface area contributed by atoms with Crippen LogP contribution >= 0.6 is 11.6 Å². The van der Waals surface area contributed by atoms with Gasteiger partial charge in [-0.15, -0.1) is 0 Å². The van der Waals surface area contributed by atoms with Gasteiger partial charge in [0.15, 0.2) is 17.3 Å².